The standard InChI is InChI=1S/2C7H14N2O.4ClH/c2*1-9-2-3-10-7-5-8-4-6(7)9;;;;/h2*6-8H,2-5H2,1H3;4*1H/t2*6-,7-;;;;/m10..../s1. The molecule has 4 atom stereocenters. The number of nitrogens with one attached hydrogen (secondary N) is 2. The van der Waals surface area contributed by atoms with Gasteiger partial charge in [0.05, 0.1) is 25.4 Å². The number of ether oxygens (including phenoxy) is 2. The van der Waals surface area contributed by atoms with Crippen LogP contribution in [0.3, 0.4) is 0 Å². The summed E-state index contributed by atoms with van der Waals surface area (Å²) in [4.78, 5) is 4.77. The van der Waals surface area contributed by atoms with Crippen LogP contribution in [0.4, 0.5) is 0 Å². The lowest BCUT2D eigenvalue weighted by molar-refractivity contribution is -0.0363. The topological polar surface area (TPSA) is 49.0 Å². The zero-order valence-electron chi connectivity index (χ0n) is 14.3. The first kappa shape index (κ1) is 27.1. The van der Waals surface area contributed by atoms with E-state index in [0.29, 0.717) is 24.3 Å². The minimum Gasteiger partial charge on any atom is -0.374 e. The third-order valence-corrected chi connectivity index (χ3v) is 4.94. The summed E-state index contributed by atoms with van der Waals surface area (Å²) in [6, 6.07) is 1.27. The van der Waals surface area contributed by atoms with E-state index in [9.17, 15) is 0 Å². The summed E-state index contributed by atoms with van der Waals surface area (Å²) in [6.07, 6.45) is 0.914. The van der Waals surface area contributed by atoms with Gasteiger partial charge >= 0.3 is 0 Å². The van der Waals surface area contributed by atoms with Gasteiger partial charge in [0.2, 0.25) is 0 Å². The van der Waals surface area contributed by atoms with Gasteiger partial charge in [0.25, 0.3) is 0 Å². The van der Waals surface area contributed by atoms with E-state index in [0.717, 1.165) is 52.5 Å². The molecule has 4 aliphatic heterocycles. The van der Waals surface area contributed by atoms with Crippen LogP contribution in [0.15, 0.2) is 0 Å². The SMILES string of the molecule is CN1CCO[C@@H]2CNC[C@H]21.CN1CCO[C@H]2CNC[C@@H]21.Cl.Cl.Cl.Cl. The predicted octanol–water partition coefficient (Wildman–Crippen LogP) is 0.265. The van der Waals surface area contributed by atoms with E-state index in [2.05, 4.69) is 34.5 Å². The molecule has 0 saturated carbocycles. The monoisotopic (exact) mass is 428 g/mol. The minimum absolute atomic E-state index is 0. The average molecular weight is 430 g/mol. The van der Waals surface area contributed by atoms with Crippen molar-refractivity contribution in [3.8, 4) is 0 Å². The van der Waals surface area contributed by atoms with Gasteiger partial charge in [-0.15, -0.1) is 49.6 Å². The molecular weight excluding hydrogens is 398 g/mol. The molecule has 4 aliphatic rings. The molecule has 24 heavy (non-hydrogen) atoms. The molecule has 0 aromatic carbocycles. The fourth-order valence-corrected chi connectivity index (χ4v) is 3.53. The molecule has 0 unspecified atom stereocenters. The summed E-state index contributed by atoms with van der Waals surface area (Å²) in [7, 11) is 4.35. The lowest BCUT2D eigenvalue weighted by atomic mass is 10.1. The lowest BCUT2D eigenvalue weighted by Gasteiger charge is -2.33. The van der Waals surface area contributed by atoms with Crippen molar-refractivity contribution in [2.24, 2.45) is 0 Å². The van der Waals surface area contributed by atoms with Crippen LogP contribution >= 0.6 is 49.6 Å². The number of halogens is 4. The second-order valence-corrected chi connectivity index (χ2v) is 6.23. The molecule has 0 aromatic heterocycles. The van der Waals surface area contributed by atoms with Crippen molar-refractivity contribution in [1.29, 1.82) is 0 Å². The highest BCUT2D eigenvalue weighted by atomic mass is 35.5. The van der Waals surface area contributed by atoms with Crippen molar-refractivity contribution in [3.05, 3.63) is 0 Å². The molecule has 4 saturated heterocycles. The summed E-state index contributed by atoms with van der Waals surface area (Å²) in [5.74, 6) is 0. The number of nitrogens with zero attached hydrogens (tertiary/aromatic N) is 2. The van der Waals surface area contributed by atoms with Crippen LogP contribution in [0, 0.1) is 0 Å². The van der Waals surface area contributed by atoms with Crippen LogP contribution in [0.25, 0.3) is 0 Å². The van der Waals surface area contributed by atoms with Gasteiger partial charge < -0.3 is 20.1 Å². The summed E-state index contributed by atoms with van der Waals surface area (Å²) in [6.45, 7) is 8.25. The molecule has 148 valence electrons. The molecule has 4 fully saturated rings. The average Bonchev–Trinajstić information content (AvgIpc) is 3.08. The Hall–Kier alpha value is 0.920. The molecule has 6 nitrogen and oxygen atoms in total. The van der Waals surface area contributed by atoms with E-state index < -0.39 is 0 Å². The molecule has 0 aromatic rings. The Balaban J connectivity index is 0. The summed E-state index contributed by atoms with van der Waals surface area (Å²) < 4.78 is 11.1. The molecule has 4 heterocycles. The maximum absolute atomic E-state index is 5.57. The summed E-state index contributed by atoms with van der Waals surface area (Å²) in [5, 5.41) is 6.66. The number of rotatable bonds is 0. The molecule has 0 spiro atoms. The minimum atomic E-state index is 0. The predicted molar refractivity (Wildman–Crippen MR) is 107 cm³/mol. The number of hydrogen-bond donors (Lipinski definition) is 2. The third-order valence-electron chi connectivity index (χ3n) is 4.94. The highest BCUT2D eigenvalue weighted by Gasteiger charge is 2.34. The number of morpholine rings is 2. The van der Waals surface area contributed by atoms with Gasteiger partial charge in [0.1, 0.15) is 0 Å². The fraction of sp³-hybridized carbons (Fsp3) is 1.00. The smallest absolute Gasteiger partial charge is 0.0867 e. The molecule has 4 rings (SSSR count). The molecular formula is C14H32Cl4N4O2. The van der Waals surface area contributed by atoms with Crippen LogP contribution in [0.2, 0.25) is 0 Å². The maximum atomic E-state index is 5.57. The Morgan fingerprint density at radius 1 is 0.667 bits per heavy atom. The van der Waals surface area contributed by atoms with E-state index in [-0.39, 0.29) is 49.6 Å². The Morgan fingerprint density at radius 2 is 1.04 bits per heavy atom. The van der Waals surface area contributed by atoms with Crippen molar-refractivity contribution < 1.29 is 9.47 Å². The van der Waals surface area contributed by atoms with Crippen molar-refractivity contribution in [2.75, 3.05) is 66.6 Å². The lowest BCUT2D eigenvalue weighted by Crippen LogP contribution is -2.48. The Kier molecular flexibility index (Phi) is 14.9. The Bertz CT molecular complexity index is 303. The van der Waals surface area contributed by atoms with Gasteiger partial charge in [-0.2, -0.15) is 0 Å². The van der Waals surface area contributed by atoms with E-state index >= 15 is 0 Å². The van der Waals surface area contributed by atoms with Gasteiger partial charge in [-0.25, -0.2) is 0 Å². The molecule has 2 N–H and O–H groups in total. The van der Waals surface area contributed by atoms with Crippen LogP contribution < -0.4 is 10.6 Å². The van der Waals surface area contributed by atoms with Crippen LogP contribution in [0.5, 0.6) is 0 Å². The highest BCUT2D eigenvalue weighted by molar-refractivity contribution is 5.86. The first-order valence-corrected chi connectivity index (χ1v) is 7.81. The second-order valence-electron chi connectivity index (χ2n) is 6.23. The normalized spacial score (nSPS) is 34.8. The molecule has 0 radical (unpaired) electrons. The zero-order valence-corrected chi connectivity index (χ0v) is 17.6. The van der Waals surface area contributed by atoms with Gasteiger partial charge in [-0.05, 0) is 14.1 Å². The molecule has 0 aliphatic carbocycles. The fourth-order valence-electron chi connectivity index (χ4n) is 3.53. The van der Waals surface area contributed by atoms with E-state index in [1.165, 1.54) is 0 Å². The van der Waals surface area contributed by atoms with Gasteiger partial charge in [-0.3, -0.25) is 9.80 Å². The molecule has 10 heteroatoms. The van der Waals surface area contributed by atoms with Crippen molar-refractivity contribution >= 4 is 49.6 Å². The van der Waals surface area contributed by atoms with Crippen molar-refractivity contribution in [1.82, 2.24) is 20.4 Å². The number of fused-ring (bicyclic) bond motifs is 2. The van der Waals surface area contributed by atoms with Gasteiger partial charge in [-0.1, -0.05) is 0 Å². The van der Waals surface area contributed by atoms with E-state index in [1.54, 1.807) is 0 Å². The van der Waals surface area contributed by atoms with Crippen molar-refractivity contribution in [3.63, 3.8) is 0 Å². The quantitative estimate of drug-likeness (QED) is 0.576. The number of likely N-dealkylation sites (N-methyl/N-ethyl adjacent to an activating group) is 2. The van der Waals surface area contributed by atoms with E-state index in [4.69, 9.17) is 9.47 Å². The molecule has 0 bridgehead atoms. The van der Waals surface area contributed by atoms with Crippen molar-refractivity contribution in [2.45, 2.75) is 24.3 Å². The zero-order chi connectivity index (χ0) is 13.9. The van der Waals surface area contributed by atoms with Crippen LogP contribution in [-0.2, 0) is 9.47 Å². The van der Waals surface area contributed by atoms with Gasteiger partial charge in [0, 0.05) is 51.4 Å². The number of hydrogen-bond acceptors (Lipinski definition) is 6. The summed E-state index contributed by atoms with van der Waals surface area (Å²) >= 11 is 0. The molecule has 0 amide bonds. The second kappa shape index (κ2) is 13.1. The van der Waals surface area contributed by atoms with Crippen LogP contribution in [-0.4, -0.2) is 101 Å². The maximum Gasteiger partial charge on any atom is 0.0867 e. The largest absolute Gasteiger partial charge is 0.374 e. The van der Waals surface area contributed by atoms with Gasteiger partial charge in [0.15, 0.2) is 0 Å². The highest BCUT2D eigenvalue weighted by Crippen LogP contribution is 2.15. The first-order valence-electron chi connectivity index (χ1n) is 7.81. The Morgan fingerprint density at radius 3 is 1.38 bits per heavy atom. The van der Waals surface area contributed by atoms with Crippen LogP contribution in [0.1, 0.15) is 0 Å². The third kappa shape index (κ3) is 6.58. The summed E-state index contributed by atoms with van der Waals surface area (Å²) in [5.41, 5.74) is 0. The van der Waals surface area contributed by atoms with E-state index in [1.807, 2.05) is 0 Å². The first-order chi connectivity index (χ1) is 9.75. The Labute approximate surface area is 170 Å².